The molecule has 1 aromatic rings. The minimum absolute atomic E-state index is 0.0135. The summed E-state index contributed by atoms with van der Waals surface area (Å²) in [6.07, 6.45) is 0. The molecule has 0 saturated carbocycles. The van der Waals surface area contributed by atoms with E-state index in [2.05, 4.69) is 0 Å². The zero-order chi connectivity index (χ0) is 10.6. The third-order valence-corrected chi connectivity index (χ3v) is 1.46. The number of halogens is 1. The summed E-state index contributed by atoms with van der Waals surface area (Å²) in [4.78, 5) is 10.6. The first-order valence-electron chi connectivity index (χ1n) is 3.67. The molecule has 4 nitrogen and oxygen atoms in total. The maximum atomic E-state index is 12.6. The molecular formula is C9H6FNO3. The standard InChI is InChI=1S/C9H6FNO3/c10-6-1-2-8(14-4-3-11)7(5-6)9(12)13/h1-2,5H,4H2,(H,12,13). The van der Waals surface area contributed by atoms with Gasteiger partial charge in [0, 0.05) is 0 Å². The fraction of sp³-hybridized carbons (Fsp3) is 0.111. The van der Waals surface area contributed by atoms with Gasteiger partial charge in [-0.15, -0.1) is 0 Å². The van der Waals surface area contributed by atoms with Crippen molar-refractivity contribution in [1.29, 1.82) is 5.26 Å². The number of hydrogen-bond acceptors (Lipinski definition) is 3. The summed E-state index contributed by atoms with van der Waals surface area (Å²) >= 11 is 0. The van der Waals surface area contributed by atoms with Crippen LogP contribution in [0.1, 0.15) is 10.4 Å². The first-order valence-corrected chi connectivity index (χ1v) is 3.67. The Bertz CT molecular complexity index is 398. The summed E-state index contributed by atoms with van der Waals surface area (Å²) in [5.41, 5.74) is -0.291. The fourth-order valence-electron chi connectivity index (χ4n) is 0.905. The summed E-state index contributed by atoms with van der Waals surface area (Å²) < 4.78 is 17.4. The van der Waals surface area contributed by atoms with E-state index in [-0.39, 0.29) is 17.9 Å². The molecule has 0 atom stereocenters. The average molecular weight is 195 g/mol. The minimum Gasteiger partial charge on any atom is -0.478 e. The molecule has 1 rings (SSSR count). The van der Waals surface area contributed by atoms with Crippen LogP contribution in [0.15, 0.2) is 18.2 Å². The average Bonchev–Trinajstić information content (AvgIpc) is 2.15. The van der Waals surface area contributed by atoms with Crippen LogP contribution < -0.4 is 4.74 Å². The second-order valence-electron chi connectivity index (χ2n) is 2.39. The largest absolute Gasteiger partial charge is 0.478 e. The summed E-state index contributed by atoms with van der Waals surface area (Å²) in [7, 11) is 0. The van der Waals surface area contributed by atoms with E-state index in [1.165, 1.54) is 6.07 Å². The third-order valence-electron chi connectivity index (χ3n) is 1.46. The van der Waals surface area contributed by atoms with Crippen LogP contribution in [0, 0.1) is 17.1 Å². The van der Waals surface area contributed by atoms with Crippen molar-refractivity contribution >= 4 is 5.97 Å². The van der Waals surface area contributed by atoms with Gasteiger partial charge < -0.3 is 9.84 Å². The van der Waals surface area contributed by atoms with Crippen molar-refractivity contribution in [3.63, 3.8) is 0 Å². The van der Waals surface area contributed by atoms with Gasteiger partial charge in [-0.3, -0.25) is 0 Å². The van der Waals surface area contributed by atoms with Crippen molar-refractivity contribution in [2.75, 3.05) is 6.61 Å². The highest BCUT2D eigenvalue weighted by atomic mass is 19.1. The Hall–Kier alpha value is -2.09. The first-order chi connectivity index (χ1) is 6.65. The summed E-state index contributed by atoms with van der Waals surface area (Å²) in [6, 6.07) is 4.78. The lowest BCUT2D eigenvalue weighted by Gasteiger charge is -2.04. The number of ether oxygens (including phenoxy) is 1. The van der Waals surface area contributed by atoms with Crippen LogP contribution in [0.5, 0.6) is 5.75 Å². The number of benzene rings is 1. The molecule has 5 heteroatoms. The van der Waals surface area contributed by atoms with E-state index in [4.69, 9.17) is 15.1 Å². The lowest BCUT2D eigenvalue weighted by Crippen LogP contribution is -2.03. The number of rotatable bonds is 3. The highest BCUT2D eigenvalue weighted by Gasteiger charge is 2.11. The van der Waals surface area contributed by atoms with Crippen molar-refractivity contribution in [3.05, 3.63) is 29.6 Å². The molecule has 14 heavy (non-hydrogen) atoms. The molecule has 0 aliphatic carbocycles. The molecule has 0 bridgehead atoms. The fourth-order valence-corrected chi connectivity index (χ4v) is 0.905. The number of aromatic carboxylic acids is 1. The molecule has 0 aliphatic rings. The van der Waals surface area contributed by atoms with Crippen molar-refractivity contribution in [2.45, 2.75) is 0 Å². The molecule has 0 saturated heterocycles. The molecule has 72 valence electrons. The number of nitrogens with zero attached hydrogens (tertiary/aromatic N) is 1. The van der Waals surface area contributed by atoms with Gasteiger partial charge in [-0.25, -0.2) is 9.18 Å². The van der Waals surface area contributed by atoms with E-state index in [9.17, 15) is 9.18 Å². The molecule has 0 spiro atoms. The molecule has 0 unspecified atom stereocenters. The van der Waals surface area contributed by atoms with Crippen molar-refractivity contribution in [3.8, 4) is 11.8 Å². The topological polar surface area (TPSA) is 70.3 Å². The Morgan fingerprint density at radius 1 is 1.64 bits per heavy atom. The first kappa shape index (κ1) is 9.99. The van der Waals surface area contributed by atoms with E-state index in [1.807, 2.05) is 0 Å². The Morgan fingerprint density at radius 2 is 2.36 bits per heavy atom. The van der Waals surface area contributed by atoms with Gasteiger partial charge in [0.2, 0.25) is 0 Å². The van der Waals surface area contributed by atoms with Gasteiger partial charge in [-0.2, -0.15) is 5.26 Å². The summed E-state index contributed by atoms with van der Waals surface area (Å²) in [5, 5.41) is 16.9. The second-order valence-corrected chi connectivity index (χ2v) is 2.39. The van der Waals surface area contributed by atoms with Gasteiger partial charge in [0.15, 0.2) is 6.61 Å². The van der Waals surface area contributed by atoms with Gasteiger partial charge in [0.05, 0.1) is 0 Å². The van der Waals surface area contributed by atoms with E-state index in [1.54, 1.807) is 6.07 Å². The van der Waals surface area contributed by atoms with Crippen molar-refractivity contribution in [1.82, 2.24) is 0 Å². The monoisotopic (exact) mass is 195 g/mol. The normalized spacial score (nSPS) is 9.14. The number of carbonyl (C=O) groups is 1. The second kappa shape index (κ2) is 4.23. The highest BCUT2D eigenvalue weighted by molar-refractivity contribution is 5.90. The van der Waals surface area contributed by atoms with Crippen LogP contribution in [-0.2, 0) is 0 Å². The van der Waals surface area contributed by atoms with Crippen LogP contribution in [0.4, 0.5) is 4.39 Å². The molecule has 1 aromatic carbocycles. The van der Waals surface area contributed by atoms with Crippen LogP contribution in [0.2, 0.25) is 0 Å². The molecule has 1 N–H and O–H groups in total. The number of nitriles is 1. The summed E-state index contributed by atoms with van der Waals surface area (Å²) in [5.74, 6) is -1.97. The van der Waals surface area contributed by atoms with Gasteiger partial charge in [-0.1, -0.05) is 0 Å². The smallest absolute Gasteiger partial charge is 0.339 e. The van der Waals surface area contributed by atoms with Gasteiger partial charge in [0.25, 0.3) is 0 Å². The Kier molecular flexibility index (Phi) is 3.02. The molecule has 0 aromatic heterocycles. The maximum absolute atomic E-state index is 12.6. The molecule has 0 aliphatic heterocycles. The van der Waals surface area contributed by atoms with E-state index < -0.39 is 11.8 Å². The predicted molar refractivity (Wildman–Crippen MR) is 44.5 cm³/mol. The summed E-state index contributed by atoms with van der Waals surface area (Å²) in [6.45, 7) is -0.272. The molecule has 0 fully saturated rings. The van der Waals surface area contributed by atoms with Crippen LogP contribution >= 0.6 is 0 Å². The van der Waals surface area contributed by atoms with Crippen molar-refractivity contribution in [2.24, 2.45) is 0 Å². The number of carboxylic acids is 1. The zero-order valence-corrected chi connectivity index (χ0v) is 7.03. The number of carboxylic acid groups (broad SMARTS) is 1. The Labute approximate surface area is 79.2 Å². The number of hydrogen-bond donors (Lipinski definition) is 1. The van der Waals surface area contributed by atoms with Crippen molar-refractivity contribution < 1.29 is 19.0 Å². The minimum atomic E-state index is -1.29. The van der Waals surface area contributed by atoms with Crippen LogP contribution in [0.25, 0.3) is 0 Å². The van der Waals surface area contributed by atoms with E-state index >= 15 is 0 Å². The predicted octanol–water partition coefficient (Wildman–Crippen LogP) is 1.43. The van der Waals surface area contributed by atoms with Crippen LogP contribution in [0.3, 0.4) is 0 Å². The third kappa shape index (κ3) is 2.20. The quantitative estimate of drug-likeness (QED) is 0.791. The van der Waals surface area contributed by atoms with Crippen LogP contribution in [-0.4, -0.2) is 17.7 Å². The molecular weight excluding hydrogens is 189 g/mol. The lowest BCUT2D eigenvalue weighted by atomic mass is 10.2. The highest BCUT2D eigenvalue weighted by Crippen LogP contribution is 2.19. The lowest BCUT2D eigenvalue weighted by molar-refractivity contribution is 0.0692. The zero-order valence-electron chi connectivity index (χ0n) is 7.03. The Balaban J connectivity index is 3.03. The Morgan fingerprint density at radius 3 is 2.93 bits per heavy atom. The maximum Gasteiger partial charge on any atom is 0.339 e. The molecule has 0 heterocycles. The van der Waals surface area contributed by atoms with E-state index in [0.29, 0.717) is 0 Å². The van der Waals surface area contributed by atoms with Gasteiger partial charge >= 0.3 is 5.97 Å². The van der Waals surface area contributed by atoms with Gasteiger partial charge in [-0.05, 0) is 18.2 Å². The van der Waals surface area contributed by atoms with E-state index in [0.717, 1.165) is 12.1 Å². The molecule has 0 radical (unpaired) electrons. The SMILES string of the molecule is N#CCOc1ccc(F)cc1C(=O)O. The van der Waals surface area contributed by atoms with Gasteiger partial charge in [0.1, 0.15) is 23.2 Å². The molecule has 0 amide bonds.